The summed E-state index contributed by atoms with van der Waals surface area (Å²) < 4.78 is 13.8. The first kappa shape index (κ1) is 16.5. The average Bonchev–Trinajstić information content (AvgIpc) is 2.36. The Hall–Kier alpha value is -1.58. The summed E-state index contributed by atoms with van der Waals surface area (Å²) in [6, 6.07) is 6.56. The molecule has 1 aromatic carbocycles. The van der Waals surface area contributed by atoms with Gasteiger partial charge in [-0.1, -0.05) is 45.9 Å². The quantitative estimate of drug-likeness (QED) is 0.852. The predicted octanol–water partition coefficient (Wildman–Crippen LogP) is 3.45. The number of rotatable bonds is 5. The van der Waals surface area contributed by atoms with Gasteiger partial charge in [0.05, 0.1) is 0 Å². The molecule has 0 saturated heterocycles. The Morgan fingerprint density at radius 3 is 2.40 bits per heavy atom. The van der Waals surface area contributed by atoms with Crippen LogP contribution in [0, 0.1) is 11.7 Å². The monoisotopic (exact) mass is 280 g/mol. The van der Waals surface area contributed by atoms with Crippen LogP contribution in [0.5, 0.6) is 0 Å². The molecule has 0 aliphatic carbocycles. The molecular weight excluding hydrogens is 255 g/mol. The largest absolute Gasteiger partial charge is 0.337 e. The highest BCUT2D eigenvalue weighted by Gasteiger charge is 2.24. The molecule has 4 heteroatoms. The first-order chi connectivity index (χ1) is 9.24. The van der Waals surface area contributed by atoms with E-state index in [2.05, 4.69) is 10.6 Å². The van der Waals surface area contributed by atoms with E-state index in [1.807, 2.05) is 34.6 Å². The third kappa shape index (κ3) is 4.51. The number of benzene rings is 1. The standard InChI is InChI=1S/C16H25FN2O/c1-11(2)12(3)19-15(20)18-10-16(4,5)13-8-6-7-9-14(13)17/h6-9,11-12H,10H2,1-5H3,(H2,18,19,20). The summed E-state index contributed by atoms with van der Waals surface area (Å²) in [4.78, 5) is 11.8. The summed E-state index contributed by atoms with van der Waals surface area (Å²) in [7, 11) is 0. The molecule has 0 heterocycles. The van der Waals surface area contributed by atoms with Gasteiger partial charge >= 0.3 is 6.03 Å². The van der Waals surface area contributed by atoms with Gasteiger partial charge in [0.1, 0.15) is 5.82 Å². The Balaban J connectivity index is 2.60. The van der Waals surface area contributed by atoms with Gasteiger partial charge in [-0.2, -0.15) is 0 Å². The van der Waals surface area contributed by atoms with Gasteiger partial charge in [0.2, 0.25) is 0 Å². The first-order valence-corrected chi connectivity index (χ1v) is 7.03. The molecule has 1 unspecified atom stereocenters. The lowest BCUT2D eigenvalue weighted by Gasteiger charge is -2.27. The van der Waals surface area contributed by atoms with Crippen molar-refractivity contribution in [2.75, 3.05) is 6.54 Å². The van der Waals surface area contributed by atoms with Gasteiger partial charge in [-0.3, -0.25) is 0 Å². The van der Waals surface area contributed by atoms with Crippen molar-refractivity contribution in [3.8, 4) is 0 Å². The van der Waals surface area contributed by atoms with Crippen molar-refractivity contribution in [2.24, 2.45) is 5.92 Å². The molecule has 0 fully saturated rings. The number of amides is 2. The van der Waals surface area contributed by atoms with Crippen LogP contribution in [0.15, 0.2) is 24.3 Å². The lowest BCUT2D eigenvalue weighted by molar-refractivity contribution is 0.231. The molecule has 20 heavy (non-hydrogen) atoms. The number of halogens is 1. The summed E-state index contributed by atoms with van der Waals surface area (Å²) >= 11 is 0. The van der Waals surface area contributed by atoms with Crippen LogP contribution in [0.2, 0.25) is 0 Å². The van der Waals surface area contributed by atoms with Crippen molar-refractivity contribution in [3.05, 3.63) is 35.6 Å². The minimum Gasteiger partial charge on any atom is -0.337 e. The Kier molecular flexibility index (Phi) is 5.54. The van der Waals surface area contributed by atoms with Crippen LogP contribution >= 0.6 is 0 Å². The minimum absolute atomic E-state index is 0.103. The zero-order valence-corrected chi connectivity index (χ0v) is 13.0. The molecule has 1 rings (SSSR count). The van der Waals surface area contributed by atoms with Gasteiger partial charge < -0.3 is 10.6 Å². The van der Waals surface area contributed by atoms with Crippen molar-refractivity contribution >= 4 is 6.03 Å². The van der Waals surface area contributed by atoms with Crippen molar-refractivity contribution in [2.45, 2.75) is 46.1 Å². The Morgan fingerprint density at radius 2 is 1.85 bits per heavy atom. The molecule has 0 aliphatic rings. The van der Waals surface area contributed by atoms with Crippen molar-refractivity contribution in [1.82, 2.24) is 10.6 Å². The van der Waals surface area contributed by atoms with Crippen LogP contribution in [0.25, 0.3) is 0 Å². The highest BCUT2D eigenvalue weighted by molar-refractivity contribution is 5.74. The molecule has 3 nitrogen and oxygen atoms in total. The summed E-state index contributed by atoms with van der Waals surface area (Å²) in [5.41, 5.74) is 0.154. The van der Waals surface area contributed by atoms with E-state index in [0.717, 1.165) is 0 Å². The van der Waals surface area contributed by atoms with Crippen molar-refractivity contribution in [3.63, 3.8) is 0 Å². The van der Waals surface area contributed by atoms with Crippen LogP contribution < -0.4 is 10.6 Å². The molecule has 2 N–H and O–H groups in total. The second kappa shape index (κ2) is 6.73. The van der Waals surface area contributed by atoms with E-state index in [4.69, 9.17) is 0 Å². The molecule has 0 spiro atoms. The number of nitrogens with one attached hydrogen (secondary N) is 2. The average molecular weight is 280 g/mol. The number of carbonyl (C=O) groups is 1. The lowest BCUT2D eigenvalue weighted by Crippen LogP contribution is -2.46. The van der Waals surface area contributed by atoms with Gasteiger partial charge in [-0.25, -0.2) is 9.18 Å². The van der Waals surface area contributed by atoms with Crippen LogP contribution in [0.3, 0.4) is 0 Å². The molecule has 0 radical (unpaired) electrons. The van der Waals surface area contributed by atoms with Gasteiger partial charge in [-0.15, -0.1) is 0 Å². The zero-order chi connectivity index (χ0) is 15.3. The molecule has 112 valence electrons. The normalized spacial score (nSPS) is 13.2. The Morgan fingerprint density at radius 1 is 1.25 bits per heavy atom. The summed E-state index contributed by atoms with van der Waals surface area (Å²) in [5.74, 6) is 0.135. The fourth-order valence-electron chi connectivity index (χ4n) is 1.83. The molecule has 2 amide bonds. The molecule has 1 aromatic rings. The first-order valence-electron chi connectivity index (χ1n) is 7.03. The maximum absolute atomic E-state index is 13.8. The summed E-state index contributed by atoms with van der Waals surface area (Å²) in [6.07, 6.45) is 0. The third-order valence-electron chi connectivity index (χ3n) is 3.65. The third-order valence-corrected chi connectivity index (χ3v) is 3.65. The van der Waals surface area contributed by atoms with E-state index in [-0.39, 0.29) is 17.9 Å². The van der Waals surface area contributed by atoms with Crippen LogP contribution in [-0.2, 0) is 5.41 Å². The topological polar surface area (TPSA) is 41.1 Å². The number of hydrogen-bond donors (Lipinski definition) is 2. The van der Waals surface area contributed by atoms with Crippen LogP contribution in [0.1, 0.15) is 40.2 Å². The highest BCUT2D eigenvalue weighted by Crippen LogP contribution is 2.24. The Bertz CT molecular complexity index is 458. The maximum atomic E-state index is 13.8. The smallest absolute Gasteiger partial charge is 0.315 e. The van der Waals surface area contributed by atoms with Gasteiger partial charge in [0.25, 0.3) is 0 Å². The molecule has 0 bridgehead atoms. The predicted molar refractivity (Wildman–Crippen MR) is 80.3 cm³/mol. The van der Waals surface area contributed by atoms with Crippen LogP contribution in [0.4, 0.5) is 9.18 Å². The van der Waals surface area contributed by atoms with E-state index in [1.54, 1.807) is 18.2 Å². The summed E-state index contributed by atoms with van der Waals surface area (Å²) in [5, 5.41) is 5.69. The maximum Gasteiger partial charge on any atom is 0.315 e. The van der Waals surface area contributed by atoms with Gasteiger partial charge in [0, 0.05) is 18.0 Å². The van der Waals surface area contributed by atoms with E-state index in [0.29, 0.717) is 18.0 Å². The van der Waals surface area contributed by atoms with Gasteiger partial charge in [-0.05, 0) is 24.5 Å². The SMILES string of the molecule is CC(C)C(C)NC(=O)NCC(C)(C)c1ccccc1F. The molecule has 0 saturated carbocycles. The van der Waals surface area contributed by atoms with E-state index < -0.39 is 5.41 Å². The second-order valence-corrected chi connectivity index (χ2v) is 6.22. The minimum atomic E-state index is -0.455. The summed E-state index contributed by atoms with van der Waals surface area (Å²) in [6.45, 7) is 10.3. The number of hydrogen-bond acceptors (Lipinski definition) is 1. The number of urea groups is 1. The van der Waals surface area contributed by atoms with Crippen molar-refractivity contribution in [1.29, 1.82) is 0 Å². The lowest BCUT2D eigenvalue weighted by atomic mass is 9.84. The van der Waals surface area contributed by atoms with Gasteiger partial charge in [0.15, 0.2) is 0 Å². The van der Waals surface area contributed by atoms with E-state index >= 15 is 0 Å². The molecular formula is C16H25FN2O. The molecule has 0 aliphatic heterocycles. The second-order valence-electron chi connectivity index (χ2n) is 6.22. The molecule has 1 atom stereocenters. The molecule has 0 aromatic heterocycles. The Labute approximate surface area is 121 Å². The highest BCUT2D eigenvalue weighted by atomic mass is 19.1. The number of carbonyl (C=O) groups excluding carboxylic acids is 1. The zero-order valence-electron chi connectivity index (χ0n) is 13.0. The van der Waals surface area contributed by atoms with Crippen molar-refractivity contribution < 1.29 is 9.18 Å². The van der Waals surface area contributed by atoms with Crippen LogP contribution in [-0.4, -0.2) is 18.6 Å². The van der Waals surface area contributed by atoms with E-state index in [9.17, 15) is 9.18 Å². The van der Waals surface area contributed by atoms with E-state index in [1.165, 1.54) is 6.07 Å². The fraction of sp³-hybridized carbons (Fsp3) is 0.562. The fourth-order valence-corrected chi connectivity index (χ4v) is 1.83.